The van der Waals surface area contributed by atoms with Crippen LogP contribution in [0.25, 0.3) is 11.1 Å². The molecule has 1 aliphatic carbocycles. The van der Waals surface area contributed by atoms with Crippen molar-refractivity contribution in [3.8, 4) is 11.1 Å². The van der Waals surface area contributed by atoms with Gasteiger partial charge in [0, 0.05) is 108 Å². The van der Waals surface area contributed by atoms with Gasteiger partial charge in [-0.05, 0) is 154 Å². The van der Waals surface area contributed by atoms with E-state index >= 15 is 0 Å². The van der Waals surface area contributed by atoms with Gasteiger partial charge in [0.15, 0.2) is 0 Å². The smallest absolute Gasteiger partial charge is 0.416 e. The van der Waals surface area contributed by atoms with Gasteiger partial charge in [-0.15, -0.1) is 11.3 Å². The SMILES string of the molecule is CN(CCN1CCC(OC(=O)Nc2ccccc2-c2ccccc2)CC1)C(=O)CCCCCN(Cc1ccc(C(=O)N(C)CCCN(C)C(=O)CO[C@H]2Cc3ccccc3C23CCN(CC[C@@]2(c4ccc(F)cc4)CN(C(=O)c4cc(C(F)(F)F)cc(C(F)(F)F)c4)CO2)CC3)s1)CC(C)(C)C. The van der Waals surface area contributed by atoms with Gasteiger partial charge in [0.1, 0.15) is 30.9 Å². The van der Waals surface area contributed by atoms with Gasteiger partial charge in [0.2, 0.25) is 11.8 Å². The zero-order valence-electron chi connectivity index (χ0n) is 59.2. The highest BCUT2D eigenvalue weighted by Crippen LogP contribution is 2.49. The molecule has 0 unspecified atom stereocenters. The third-order valence-electron chi connectivity index (χ3n) is 20.3. The maximum absolute atomic E-state index is 14.3. The molecule has 5 aromatic carbocycles. The van der Waals surface area contributed by atoms with Crippen LogP contribution in [0.5, 0.6) is 0 Å². The summed E-state index contributed by atoms with van der Waals surface area (Å²) in [7, 11) is 5.38. The molecular weight excluding hydrogens is 1340 g/mol. The number of carbonyl (C=O) groups excluding carboxylic acids is 5. The van der Waals surface area contributed by atoms with E-state index in [1.165, 1.54) is 41.2 Å². The molecule has 5 amide bonds. The molecule has 3 fully saturated rings. The number of carbonyl (C=O) groups is 5. The average Bonchev–Trinajstić information content (AvgIpc) is 1.57. The van der Waals surface area contributed by atoms with Crippen LogP contribution in [0.4, 0.5) is 41.2 Å². The van der Waals surface area contributed by atoms with Crippen molar-refractivity contribution in [3.05, 3.63) is 182 Å². The summed E-state index contributed by atoms with van der Waals surface area (Å²) in [4.78, 5) is 82.5. The summed E-state index contributed by atoms with van der Waals surface area (Å²) in [5, 5.41) is 2.94. The maximum atomic E-state index is 14.3. The summed E-state index contributed by atoms with van der Waals surface area (Å²) in [5.74, 6) is -1.74. The van der Waals surface area contributed by atoms with Gasteiger partial charge in [0.25, 0.3) is 11.8 Å². The van der Waals surface area contributed by atoms with Crippen LogP contribution in [0, 0.1) is 11.2 Å². The van der Waals surface area contributed by atoms with E-state index in [1.807, 2.05) is 90.8 Å². The Bertz CT molecular complexity index is 3780. The van der Waals surface area contributed by atoms with Crippen molar-refractivity contribution in [2.45, 2.75) is 134 Å². The molecule has 24 heteroatoms. The Labute approximate surface area is 598 Å². The molecule has 10 rings (SSSR count). The molecule has 4 heterocycles. The molecule has 1 N–H and O–H groups in total. The van der Waals surface area contributed by atoms with E-state index < -0.39 is 64.6 Å². The first kappa shape index (κ1) is 76.9. The Balaban J connectivity index is 0.628. The minimum atomic E-state index is -5.15. The molecule has 3 aliphatic heterocycles. The zero-order chi connectivity index (χ0) is 73.0. The highest BCUT2D eigenvalue weighted by molar-refractivity contribution is 7.14. The van der Waals surface area contributed by atoms with Crippen molar-refractivity contribution in [2.24, 2.45) is 5.41 Å². The second-order valence-electron chi connectivity index (χ2n) is 29.0. The summed E-state index contributed by atoms with van der Waals surface area (Å²) < 4.78 is 116. The number of thiophene rings is 1. The van der Waals surface area contributed by atoms with Crippen LogP contribution >= 0.6 is 11.3 Å². The first-order valence-corrected chi connectivity index (χ1v) is 36.2. The molecule has 1 spiro atoms. The number of rotatable bonds is 28. The molecule has 102 heavy (non-hydrogen) atoms. The predicted octanol–water partition coefficient (Wildman–Crippen LogP) is 14.5. The first-order valence-electron chi connectivity index (χ1n) is 35.3. The summed E-state index contributed by atoms with van der Waals surface area (Å²) in [6, 6.07) is 36.0. The number of anilines is 1. The monoisotopic (exact) mass is 1440 g/mol. The van der Waals surface area contributed by atoms with Gasteiger partial charge in [-0.3, -0.25) is 29.4 Å². The van der Waals surface area contributed by atoms with E-state index in [-0.39, 0.29) is 61.0 Å². The van der Waals surface area contributed by atoms with Crippen LogP contribution in [0.1, 0.15) is 138 Å². The molecule has 3 saturated heterocycles. The molecule has 2 atom stereocenters. The Morgan fingerprint density at radius 2 is 1.32 bits per heavy atom. The summed E-state index contributed by atoms with van der Waals surface area (Å²) >= 11 is 1.50. The lowest BCUT2D eigenvalue weighted by atomic mass is 9.72. The highest BCUT2D eigenvalue weighted by Gasteiger charge is 2.50. The number of halogens is 7. The predicted molar refractivity (Wildman–Crippen MR) is 379 cm³/mol. The van der Waals surface area contributed by atoms with Gasteiger partial charge in [-0.2, -0.15) is 26.3 Å². The van der Waals surface area contributed by atoms with Crippen molar-refractivity contribution in [1.82, 2.24) is 34.3 Å². The number of likely N-dealkylation sites (N-methyl/N-ethyl adjacent to an activating group) is 2. The van der Waals surface area contributed by atoms with Gasteiger partial charge in [-0.1, -0.05) is 112 Å². The lowest BCUT2D eigenvalue weighted by molar-refractivity contribution is -0.143. The molecule has 4 aliphatic rings. The van der Waals surface area contributed by atoms with Gasteiger partial charge in [-0.25, -0.2) is 9.18 Å². The molecule has 550 valence electrons. The molecular formula is C78H95F7N8O8S. The molecule has 0 bridgehead atoms. The largest absolute Gasteiger partial charge is 0.446 e. The van der Waals surface area contributed by atoms with Crippen LogP contribution < -0.4 is 5.32 Å². The van der Waals surface area contributed by atoms with Crippen LogP contribution in [-0.4, -0.2) is 189 Å². The summed E-state index contributed by atoms with van der Waals surface area (Å²) in [6.07, 6.45) is -3.87. The number of para-hydroxylation sites is 1. The van der Waals surface area contributed by atoms with Crippen molar-refractivity contribution in [1.29, 1.82) is 0 Å². The molecule has 6 aromatic rings. The van der Waals surface area contributed by atoms with Crippen LogP contribution in [0.3, 0.4) is 0 Å². The van der Waals surface area contributed by atoms with E-state index in [0.717, 1.165) is 91.3 Å². The van der Waals surface area contributed by atoms with Crippen molar-refractivity contribution < 1.29 is 68.9 Å². The Morgan fingerprint density at radius 3 is 2.02 bits per heavy atom. The molecule has 0 saturated carbocycles. The second-order valence-corrected chi connectivity index (χ2v) is 30.2. The molecule has 0 radical (unpaired) electrons. The van der Waals surface area contributed by atoms with Crippen molar-refractivity contribution in [2.75, 3.05) is 118 Å². The number of hydrogen-bond donors (Lipinski definition) is 1. The number of ether oxygens (including phenoxy) is 3. The second kappa shape index (κ2) is 33.8. The zero-order valence-corrected chi connectivity index (χ0v) is 60.0. The number of likely N-dealkylation sites (tertiary alicyclic amines) is 2. The fourth-order valence-electron chi connectivity index (χ4n) is 14.6. The van der Waals surface area contributed by atoms with Crippen LogP contribution in [0.2, 0.25) is 0 Å². The maximum Gasteiger partial charge on any atom is 0.416 e. The Hall–Kier alpha value is -7.74. The number of nitrogens with zero attached hydrogens (tertiary/aromatic N) is 7. The third kappa shape index (κ3) is 20.2. The topological polar surface area (TPSA) is 148 Å². The first-order chi connectivity index (χ1) is 48.5. The number of fused-ring (bicyclic) bond motifs is 2. The van der Waals surface area contributed by atoms with E-state index in [1.54, 1.807) is 23.9 Å². The fraction of sp³-hybridized carbons (Fsp3) is 0.500. The highest BCUT2D eigenvalue weighted by atomic mass is 32.1. The fourth-order valence-corrected chi connectivity index (χ4v) is 15.7. The Morgan fingerprint density at radius 1 is 0.676 bits per heavy atom. The van der Waals surface area contributed by atoms with Gasteiger partial charge < -0.3 is 43.6 Å². The number of nitrogens with one attached hydrogen (secondary N) is 1. The standard InChI is InChI=1S/C78H95F7N8O8S/c1-74(2,3)52-92(38-16-8-11-24-69(94)88(5)44-45-90-39-31-62(32-40-90)101-73(98)86-66-23-15-13-21-64(66)55-18-9-7-10-19-55)50-63-29-30-67(102-63)72(97)89(6)37-17-36-87(4)70(95)51-99-68-48-56-20-12-14-22-65(56)75(68)33-41-91(42-34-75)43-35-76(58-25-27-61(79)28-26-58)53-93(54-100-76)71(96)57-46-59(77(80,81)82)49-60(47-57)78(83,84)85/h7,9-10,12-15,18-23,25-30,46-47,49,62,68H,8,11,16-17,24,31-45,48,50-54H2,1-6H3,(H,86,98)/t68-,76-/m0/s1. The number of hydrogen-bond acceptors (Lipinski definition) is 12. The van der Waals surface area contributed by atoms with Gasteiger partial charge in [0.05, 0.1) is 34.3 Å². The number of benzene rings is 5. The Kier molecular flexibility index (Phi) is 25.5. The lowest BCUT2D eigenvalue weighted by Gasteiger charge is -2.44. The van der Waals surface area contributed by atoms with Gasteiger partial charge >= 0.3 is 18.4 Å². The molecule has 1 aromatic heterocycles. The van der Waals surface area contributed by atoms with E-state index in [0.29, 0.717) is 106 Å². The molecule has 16 nitrogen and oxygen atoms in total. The minimum absolute atomic E-state index is 0.0257. The van der Waals surface area contributed by atoms with E-state index in [9.17, 15) is 54.7 Å². The summed E-state index contributed by atoms with van der Waals surface area (Å²) in [6.45, 7) is 13.7. The van der Waals surface area contributed by atoms with Crippen LogP contribution in [-0.2, 0) is 60.1 Å². The van der Waals surface area contributed by atoms with Crippen molar-refractivity contribution in [3.63, 3.8) is 0 Å². The number of unbranched alkanes of at least 4 members (excludes halogenated alkanes) is 2. The number of alkyl halides is 6. The minimum Gasteiger partial charge on any atom is -0.446 e. The normalized spacial score (nSPS) is 18.2. The number of piperidine rings is 2. The third-order valence-corrected chi connectivity index (χ3v) is 21.4. The lowest BCUT2D eigenvalue weighted by Crippen LogP contribution is -2.50. The van der Waals surface area contributed by atoms with Crippen molar-refractivity contribution >= 4 is 46.7 Å². The van der Waals surface area contributed by atoms with E-state index in [2.05, 4.69) is 52.9 Å². The quantitative estimate of drug-likeness (QED) is 0.0370. The van der Waals surface area contributed by atoms with E-state index in [4.69, 9.17) is 14.2 Å². The summed E-state index contributed by atoms with van der Waals surface area (Å²) in [5.41, 5.74) is -0.185. The number of amides is 5. The average molecular weight is 1440 g/mol. The van der Waals surface area contributed by atoms with Crippen LogP contribution in [0.15, 0.2) is 133 Å².